The number of aromatic nitrogens is 3. The van der Waals surface area contributed by atoms with E-state index >= 15 is 0 Å². The van der Waals surface area contributed by atoms with Crippen molar-refractivity contribution in [3.05, 3.63) is 78.5 Å². The van der Waals surface area contributed by atoms with Crippen LogP contribution in [0.15, 0.2) is 72.9 Å². The zero-order valence-electron chi connectivity index (χ0n) is 19.1. The van der Waals surface area contributed by atoms with Gasteiger partial charge in [0.1, 0.15) is 18.2 Å². The Hall–Kier alpha value is -4.59. The van der Waals surface area contributed by atoms with Crippen LogP contribution in [0.4, 0.5) is 16.6 Å². The summed E-state index contributed by atoms with van der Waals surface area (Å²) in [7, 11) is 1.46. The maximum atomic E-state index is 11.3. The number of imidazole rings is 1. The zero-order valence-corrected chi connectivity index (χ0v) is 19.1. The molecule has 0 atom stereocenters. The van der Waals surface area contributed by atoms with Gasteiger partial charge in [0.05, 0.1) is 17.6 Å². The van der Waals surface area contributed by atoms with E-state index in [0.29, 0.717) is 24.6 Å². The van der Waals surface area contributed by atoms with Crippen LogP contribution in [-0.2, 0) is 6.54 Å². The SMILES string of the molecule is CN(C(=O)O)c1nc2ccc(-c3ccc4c(c3)CN(c3nccc5ccccc35)CCO4)cc2[nH]1. The molecule has 3 heterocycles. The molecule has 0 bridgehead atoms. The summed E-state index contributed by atoms with van der Waals surface area (Å²) < 4.78 is 6.08. The first-order valence-corrected chi connectivity index (χ1v) is 11.4. The fourth-order valence-electron chi connectivity index (χ4n) is 4.54. The summed E-state index contributed by atoms with van der Waals surface area (Å²) in [5.74, 6) is 2.13. The second kappa shape index (κ2) is 8.32. The van der Waals surface area contributed by atoms with Gasteiger partial charge in [0.25, 0.3) is 0 Å². The second-order valence-electron chi connectivity index (χ2n) is 8.58. The third kappa shape index (κ3) is 3.78. The van der Waals surface area contributed by atoms with E-state index in [9.17, 15) is 9.90 Å². The summed E-state index contributed by atoms with van der Waals surface area (Å²) >= 11 is 0. The molecule has 8 nitrogen and oxygen atoms in total. The fraction of sp³-hybridized carbons (Fsp3) is 0.148. The Bertz CT molecular complexity index is 1570. The van der Waals surface area contributed by atoms with E-state index in [2.05, 4.69) is 33.1 Å². The quantitative estimate of drug-likeness (QED) is 0.376. The van der Waals surface area contributed by atoms with Crippen molar-refractivity contribution in [3.63, 3.8) is 0 Å². The van der Waals surface area contributed by atoms with Crippen molar-refractivity contribution in [2.24, 2.45) is 0 Å². The number of carboxylic acid groups (broad SMARTS) is 1. The highest BCUT2D eigenvalue weighted by Crippen LogP contribution is 2.33. The molecule has 0 saturated carbocycles. The maximum absolute atomic E-state index is 11.3. The van der Waals surface area contributed by atoms with Crippen molar-refractivity contribution in [2.75, 3.05) is 30.0 Å². The minimum absolute atomic E-state index is 0.290. The highest BCUT2D eigenvalue weighted by Gasteiger charge is 2.19. The van der Waals surface area contributed by atoms with Gasteiger partial charge in [-0.05, 0) is 46.8 Å². The Balaban J connectivity index is 1.35. The van der Waals surface area contributed by atoms with Crippen molar-refractivity contribution in [2.45, 2.75) is 6.54 Å². The Morgan fingerprint density at radius 2 is 1.91 bits per heavy atom. The largest absolute Gasteiger partial charge is 0.491 e. The molecular formula is C27H23N5O3. The standard InChI is InChI=1S/C27H23N5O3/c1-31(27(33)34)26-29-22-8-6-19(15-23(22)30-26)18-7-9-24-20(14-18)16-32(12-13-35-24)25-21-5-3-2-4-17(21)10-11-28-25/h2-11,14-15H,12-13,16H2,1H3,(H,29,30)(H,33,34). The van der Waals surface area contributed by atoms with Crippen LogP contribution >= 0.6 is 0 Å². The number of H-pyrrole nitrogens is 1. The first-order valence-electron chi connectivity index (χ1n) is 11.4. The lowest BCUT2D eigenvalue weighted by molar-refractivity contribution is 0.203. The molecular weight excluding hydrogens is 442 g/mol. The summed E-state index contributed by atoms with van der Waals surface area (Å²) in [4.78, 5) is 26.8. The zero-order chi connectivity index (χ0) is 23.9. The van der Waals surface area contributed by atoms with Crippen molar-refractivity contribution in [1.29, 1.82) is 0 Å². The minimum Gasteiger partial charge on any atom is -0.491 e. The lowest BCUT2D eigenvalue weighted by atomic mass is 10.0. The fourth-order valence-corrected chi connectivity index (χ4v) is 4.54. The van der Waals surface area contributed by atoms with Crippen LogP contribution in [0.25, 0.3) is 32.9 Å². The summed E-state index contributed by atoms with van der Waals surface area (Å²) in [6.45, 7) is 2.01. The molecule has 0 unspecified atom stereocenters. The molecule has 3 aromatic carbocycles. The predicted molar refractivity (Wildman–Crippen MR) is 136 cm³/mol. The number of benzene rings is 3. The van der Waals surface area contributed by atoms with Crippen LogP contribution in [0.5, 0.6) is 5.75 Å². The van der Waals surface area contributed by atoms with Gasteiger partial charge in [0, 0.05) is 30.7 Å². The van der Waals surface area contributed by atoms with E-state index in [1.165, 1.54) is 7.05 Å². The Morgan fingerprint density at radius 3 is 2.80 bits per heavy atom. The summed E-state index contributed by atoms with van der Waals surface area (Å²) in [5.41, 5.74) is 4.63. The molecule has 0 radical (unpaired) electrons. The molecule has 174 valence electrons. The average Bonchev–Trinajstić information content (AvgIpc) is 3.19. The molecule has 0 aliphatic carbocycles. The van der Waals surface area contributed by atoms with Crippen LogP contribution in [0, 0.1) is 0 Å². The van der Waals surface area contributed by atoms with E-state index in [1.807, 2.05) is 54.7 Å². The highest BCUT2D eigenvalue weighted by atomic mass is 16.5. The van der Waals surface area contributed by atoms with E-state index in [4.69, 9.17) is 9.72 Å². The number of hydrogen-bond donors (Lipinski definition) is 2. The molecule has 1 amide bonds. The van der Waals surface area contributed by atoms with Crippen LogP contribution in [-0.4, -0.2) is 46.4 Å². The smallest absolute Gasteiger partial charge is 0.413 e. The topological polar surface area (TPSA) is 94.6 Å². The van der Waals surface area contributed by atoms with Gasteiger partial charge in [-0.15, -0.1) is 0 Å². The van der Waals surface area contributed by atoms with E-state index in [-0.39, 0.29) is 0 Å². The third-order valence-corrected chi connectivity index (χ3v) is 6.40. The number of rotatable bonds is 3. The Kier molecular flexibility index (Phi) is 4.99. The van der Waals surface area contributed by atoms with Crippen molar-refractivity contribution in [3.8, 4) is 16.9 Å². The van der Waals surface area contributed by atoms with Gasteiger partial charge in [-0.3, -0.25) is 4.90 Å². The molecule has 5 aromatic rings. The molecule has 2 aromatic heterocycles. The molecule has 6 rings (SSSR count). The molecule has 1 aliphatic heterocycles. The molecule has 8 heteroatoms. The van der Waals surface area contributed by atoms with Gasteiger partial charge in [-0.1, -0.05) is 36.4 Å². The van der Waals surface area contributed by atoms with E-state index < -0.39 is 6.09 Å². The number of ether oxygens (including phenoxy) is 1. The number of nitrogens with one attached hydrogen (secondary N) is 1. The summed E-state index contributed by atoms with van der Waals surface area (Å²) in [5, 5.41) is 11.5. The molecule has 0 fully saturated rings. The number of aromatic amines is 1. The number of hydrogen-bond acceptors (Lipinski definition) is 5. The minimum atomic E-state index is -1.07. The van der Waals surface area contributed by atoms with Crippen LogP contribution in [0.2, 0.25) is 0 Å². The maximum Gasteiger partial charge on any atom is 0.413 e. The molecule has 0 saturated heterocycles. The van der Waals surface area contributed by atoms with Crippen molar-refractivity contribution in [1.82, 2.24) is 15.0 Å². The van der Waals surface area contributed by atoms with Gasteiger partial charge in [-0.25, -0.2) is 14.8 Å². The average molecular weight is 466 g/mol. The number of fused-ring (bicyclic) bond motifs is 3. The molecule has 1 aliphatic rings. The first kappa shape index (κ1) is 21.0. The van der Waals surface area contributed by atoms with Gasteiger partial charge >= 0.3 is 6.09 Å². The number of anilines is 2. The summed E-state index contributed by atoms with van der Waals surface area (Å²) in [6, 6.07) is 22.4. The first-order chi connectivity index (χ1) is 17.1. The lowest BCUT2D eigenvalue weighted by Gasteiger charge is -2.22. The van der Waals surface area contributed by atoms with Gasteiger partial charge < -0.3 is 19.7 Å². The van der Waals surface area contributed by atoms with E-state index in [1.54, 1.807) is 0 Å². The summed E-state index contributed by atoms with van der Waals surface area (Å²) in [6.07, 6.45) is 0.788. The van der Waals surface area contributed by atoms with Crippen LogP contribution in [0.1, 0.15) is 5.56 Å². The van der Waals surface area contributed by atoms with Gasteiger partial charge in [-0.2, -0.15) is 0 Å². The third-order valence-electron chi connectivity index (χ3n) is 6.40. The van der Waals surface area contributed by atoms with Crippen molar-refractivity contribution < 1.29 is 14.6 Å². The number of amides is 1. The van der Waals surface area contributed by atoms with Gasteiger partial charge in [0.2, 0.25) is 5.95 Å². The van der Waals surface area contributed by atoms with Crippen LogP contribution in [0.3, 0.4) is 0 Å². The molecule has 35 heavy (non-hydrogen) atoms. The second-order valence-corrected chi connectivity index (χ2v) is 8.58. The number of carbonyl (C=O) groups is 1. The van der Waals surface area contributed by atoms with Crippen LogP contribution < -0.4 is 14.5 Å². The molecule has 2 N–H and O–H groups in total. The highest BCUT2D eigenvalue weighted by molar-refractivity contribution is 5.92. The Labute approximate surface area is 201 Å². The normalized spacial score (nSPS) is 13.3. The number of nitrogens with zero attached hydrogens (tertiary/aromatic N) is 4. The number of pyridine rings is 1. The predicted octanol–water partition coefficient (Wildman–Crippen LogP) is 5.29. The monoisotopic (exact) mass is 465 g/mol. The lowest BCUT2D eigenvalue weighted by Crippen LogP contribution is -2.26. The van der Waals surface area contributed by atoms with Gasteiger partial charge in [0.15, 0.2) is 0 Å². The molecule has 0 spiro atoms. The van der Waals surface area contributed by atoms with E-state index in [0.717, 1.165) is 56.0 Å². The Morgan fingerprint density at radius 1 is 1.09 bits per heavy atom. The van der Waals surface area contributed by atoms with Crippen molar-refractivity contribution >= 4 is 39.7 Å².